The normalized spacial score (nSPS) is 11.3. The number of benzene rings is 1. The highest BCUT2D eigenvalue weighted by atomic mass is 15.0. The van der Waals surface area contributed by atoms with Gasteiger partial charge in [-0.25, -0.2) is 15.0 Å². The molecule has 0 amide bonds. The van der Waals surface area contributed by atoms with E-state index in [1.54, 1.807) is 6.33 Å². The number of fused-ring (bicyclic) bond motifs is 5. The zero-order valence-corrected chi connectivity index (χ0v) is 6.23. The average molecular weight is 155 g/mol. The average Bonchev–Trinajstić information content (AvgIpc) is 2.41. The van der Waals surface area contributed by atoms with E-state index in [0.717, 1.165) is 22.8 Å². The molecule has 56 valence electrons. The molecular weight excluding hydrogens is 150 g/mol. The van der Waals surface area contributed by atoms with E-state index >= 15 is 0 Å². The van der Waals surface area contributed by atoms with Crippen LogP contribution < -0.4 is 0 Å². The molecule has 0 saturated carbocycles. The summed E-state index contributed by atoms with van der Waals surface area (Å²) in [5, 5.41) is 0. The molecule has 0 saturated heterocycles. The standard InChI is InChI=1S/C9H5N3/c1-2-4-7-6(3-1)8-10-5-11-9(7)12-8/h1-5H. The van der Waals surface area contributed by atoms with Crippen molar-refractivity contribution >= 4 is 0 Å². The molecule has 0 unspecified atom stereocenters. The van der Waals surface area contributed by atoms with Gasteiger partial charge in [-0.3, -0.25) is 0 Å². The molecule has 1 aliphatic heterocycles. The minimum atomic E-state index is 0.788. The Morgan fingerprint density at radius 3 is 2.00 bits per heavy atom. The highest BCUT2D eigenvalue weighted by molar-refractivity contribution is 5.81. The molecule has 2 bridgehead atoms. The van der Waals surface area contributed by atoms with Crippen molar-refractivity contribution in [3.8, 4) is 22.8 Å². The molecule has 0 radical (unpaired) electrons. The highest BCUT2D eigenvalue weighted by Gasteiger charge is 2.18. The van der Waals surface area contributed by atoms with Crippen molar-refractivity contribution in [1.29, 1.82) is 0 Å². The Bertz CT molecular complexity index is 413. The molecule has 3 nitrogen and oxygen atoms in total. The fourth-order valence-corrected chi connectivity index (χ4v) is 1.43. The Morgan fingerprint density at radius 2 is 1.42 bits per heavy atom. The van der Waals surface area contributed by atoms with E-state index in [-0.39, 0.29) is 0 Å². The molecule has 2 heterocycles. The molecule has 1 aliphatic rings. The van der Waals surface area contributed by atoms with Gasteiger partial charge in [-0.2, -0.15) is 0 Å². The van der Waals surface area contributed by atoms with Crippen LogP contribution in [-0.2, 0) is 0 Å². The minimum Gasteiger partial charge on any atom is -0.216 e. The molecular formula is C9H5N3. The van der Waals surface area contributed by atoms with E-state index in [9.17, 15) is 0 Å². The van der Waals surface area contributed by atoms with Gasteiger partial charge >= 0.3 is 0 Å². The number of rotatable bonds is 0. The van der Waals surface area contributed by atoms with Crippen LogP contribution in [0, 0.1) is 0 Å². The SMILES string of the molecule is c1ccc2c(c1)-c1ncnc-2n1. The van der Waals surface area contributed by atoms with E-state index in [2.05, 4.69) is 15.0 Å². The predicted molar refractivity (Wildman–Crippen MR) is 44.3 cm³/mol. The summed E-state index contributed by atoms with van der Waals surface area (Å²) in [6.07, 6.45) is 1.55. The van der Waals surface area contributed by atoms with Gasteiger partial charge < -0.3 is 0 Å². The Balaban J connectivity index is 2.47. The van der Waals surface area contributed by atoms with E-state index in [4.69, 9.17) is 0 Å². The van der Waals surface area contributed by atoms with Crippen LogP contribution in [0.15, 0.2) is 30.6 Å². The van der Waals surface area contributed by atoms with Crippen molar-refractivity contribution in [1.82, 2.24) is 15.0 Å². The number of aromatic nitrogens is 3. The number of hydrogen-bond acceptors (Lipinski definition) is 3. The van der Waals surface area contributed by atoms with E-state index in [1.807, 2.05) is 24.3 Å². The van der Waals surface area contributed by atoms with Gasteiger partial charge in [0.2, 0.25) is 0 Å². The van der Waals surface area contributed by atoms with Crippen molar-refractivity contribution in [2.24, 2.45) is 0 Å². The van der Waals surface area contributed by atoms with Gasteiger partial charge in [0, 0.05) is 11.1 Å². The van der Waals surface area contributed by atoms with Gasteiger partial charge in [0.25, 0.3) is 0 Å². The summed E-state index contributed by atoms with van der Waals surface area (Å²) >= 11 is 0. The second-order valence-electron chi connectivity index (χ2n) is 2.68. The van der Waals surface area contributed by atoms with E-state index in [0.29, 0.717) is 0 Å². The zero-order chi connectivity index (χ0) is 7.97. The summed E-state index contributed by atoms with van der Waals surface area (Å²) in [5.74, 6) is 1.58. The largest absolute Gasteiger partial charge is 0.216 e. The van der Waals surface area contributed by atoms with E-state index < -0.39 is 0 Å². The second-order valence-corrected chi connectivity index (χ2v) is 2.68. The third-order valence-electron chi connectivity index (χ3n) is 1.98. The van der Waals surface area contributed by atoms with Gasteiger partial charge in [-0.15, -0.1) is 0 Å². The minimum absolute atomic E-state index is 0.788. The Hall–Kier alpha value is -1.77. The van der Waals surface area contributed by atoms with Crippen LogP contribution in [0.1, 0.15) is 0 Å². The maximum atomic E-state index is 4.23. The fraction of sp³-hybridized carbons (Fsp3) is 0. The first-order chi connectivity index (χ1) is 5.95. The topological polar surface area (TPSA) is 38.7 Å². The van der Waals surface area contributed by atoms with Crippen molar-refractivity contribution in [2.75, 3.05) is 0 Å². The molecule has 2 aromatic rings. The smallest absolute Gasteiger partial charge is 0.164 e. The molecule has 0 N–H and O–H groups in total. The molecule has 0 fully saturated rings. The lowest BCUT2D eigenvalue weighted by atomic mass is 10.1. The summed E-state index contributed by atoms with van der Waals surface area (Å²) in [6.45, 7) is 0. The third-order valence-corrected chi connectivity index (χ3v) is 1.98. The molecule has 3 rings (SSSR count). The monoisotopic (exact) mass is 155 g/mol. The van der Waals surface area contributed by atoms with Crippen LogP contribution in [-0.4, -0.2) is 15.0 Å². The summed E-state index contributed by atoms with van der Waals surface area (Å²) in [6, 6.07) is 8.00. The first kappa shape index (κ1) is 5.83. The first-order valence-electron chi connectivity index (χ1n) is 3.74. The van der Waals surface area contributed by atoms with Crippen LogP contribution >= 0.6 is 0 Å². The van der Waals surface area contributed by atoms with Gasteiger partial charge in [-0.05, 0) is 0 Å². The van der Waals surface area contributed by atoms with Gasteiger partial charge in [0.05, 0.1) is 0 Å². The first-order valence-corrected chi connectivity index (χ1v) is 3.74. The third kappa shape index (κ3) is 0.580. The lowest BCUT2D eigenvalue weighted by molar-refractivity contribution is 1.10. The highest BCUT2D eigenvalue weighted by Crippen LogP contribution is 2.32. The number of nitrogens with zero attached hydrogens (tertiary/aromatic N) is 3. The zero-order valence-electron chi connectivity index (χ0n) is 6.23. The predicted octanol–water partition coefficient (Wildman–Crippen LogP) is 1.52. The Morgan fingerprint density at radius 1 is 0.833 bits per heavy atom. The molecule has 0 atom stereocenters. The molecule has 0 spiro atoms. The quantitative estimate of drug-likeness (QED) is 0.494. The van der Waals surface area contributed by atoms with Crippen molar-refractivity contribution in [3.63, 3.8) is 0 Å². The molecule has 1 aromatic heterocycles. The van der Waals surface area contributed by atoms with Crippen molar-refractivity contribution in [2.45, 2.75) is 0 Å². The molecule has 12 heavy (non-hydrogen) atoms. The number of hydrogen-bond donors (Lipinski definition) is 0. The van der Waals surface area contributed by atoms with Gasteiger partial charge in [0.1, 0.15) is 6.33 Å². The van der Waals surface area contributed by atoms with E-state index in [1.165, 1.54) is 0 Å². The Kier molecular flexibility index (Phi) is 0.913. The maximum absolute atomic E-state index is 4.23. The van der Waals surface area contributed by atoms with Gasteiger partial charge in [-0.1, -0.05) is 24.3 Å². The van der Waals surface area contributed by atoms with Crippen LogP contribution in [0.2, 0.25) is 0 Å². The van der Waals surface area contributed by atoms with Crippen LogP contribution in [0.5, 0.6) is 0 Å². The van der Waals surface area contributed by atoms with Crippen molar-refractivity contribution in [3.05, 3.63) is 30.6 Å². The summed E-state index contributed by atoms with van der Waals surface area (Å²) in [5.41, 5.74) is 2.18. The summed E-state index contributed by atoms with van der Waals surface area (Å²) in [7, 11) is 0. The summed E-state index contributed by atoms with van der Waals surface area (Å²) < 4.78 is 0. The van der Waals surface area contributed by atoms with Gasteiger partial charge in [0.15, 0.2) is 11.6 Å². The molecule has 3 heteroatoms. The summed E-state index contributed by atoms with van der Waals surface area (Å²) in [4.78, 5) is 12.4. The van der Waals surface area contributed by atoms with Crippen LogP contribution in [0.25, 0.3) is 22.8 Å². The van der Waals surface area contributed by atoms with Crippen molar-refractivity contribution < 1.29 is 0 Å². The van der Waals surface area contributed by atoms with Crippen LogP contribution in [0.4, 0.5) is 0 Å². The fourth-order valence-electron chi connectivity index (χ4n) is 1.43. The Labute approximate surface area is 69.1 Å². The lowest BCUT2D eigenvalue weighted by Gasteiger charge is -1.92. The second kappa shape index (κ2) is 1.88. The lowest BCUT2D eigenvalue weighted by Crippen LogP contribution is -1.82. The molecule has 1 aromatic carbocycles. The maximum Gasteiger partial charge on any atom is 0.164 e. The van der Waals surface area contributed by atoms with Crippen LogP contribution in [0.3, 0.4) is 0 Å². The molecule has 0 aliphatic carbocycles.